The molecule has 0 spiro atoms. The van der Waals surface area contributed by atoms with Gasteiger partial charge in [0.2, 0.25) is 5.91 Å². The quantitative estimate of drug-likeness (QED) is 0.708. The Morgan fingerprint density at radius 2 is 1.89 bits per heavy atom. The average molecular weight is 273 g/mol. The van der Waals surface area contributed by atoms with Gasteiger partial charge in [0.05, 0.1) is 5.92 Å². The van der Waals surface area contributed by atoms with Crippen molar-refractivity contribution in [1.82, 2.24) is 4.90 Å². The Morgan fingerprint density at radius 1 is 1.26 bits per heavy atom. The van der Waals surface area contributed by atoms with E-state index in [-0.39, 0.29) is 30.6 Å². The first-order valence-corrected chi connectivity index (χ1v) is 6.70. The third-order valence-electron chi connectivity index (χ3n) is 4.24. The largest absolute Gasteiger partial charge is 0.391 e. The maximum absolute atomic E-state index is 12.5. The van der Waals surface area contributed by atoms with Crippen LogP contribution in [0.1, 0.15) is 32.1 Å². The predicted octanol–water partition coefficient (Wildman–Crippen LogP) is 2.84. The molecule has 5 heteroatoms. The van der Waals surface area contributed by atoms with E-state index in [1.165, 1.54) is 0 Å². The van der Waals surface area contributed by atoms with Crippen molar-refractivity contribution >= 4 is 5.91 Å². The topological polar surface area (TPSA) is 20.3 Å². The van der Waals surface area contributed by atoms with Crippen LogP contribution in [0.4, 0.5) is 13.2 Å². The fraction of sp³-hybridized carbons (Fsp3) is 0.786. The highest BCUT2D eigenvalue weighted by Crippen LogP contribution is 2.39. The van der Waals surface area contributed by atoms with Crippen LogP contribution in [0.5, 0.6) is 0 Å². The summed E-state index contributed by atoms with van der Waals surface area (Å²) in [6.45, 7) is 1.14. The lowest BCUT2D eigenvalue weighted by atomic mass is 9.81. The number of hydrogen-bond acceptors (Lipinski definition) is 1. The lowest BCUT2D eigenvalue weighted by molar-refractivity contribution is -0.184. The third kappa shape index (κ3) is 3.43. The zero-order valence-corrected chi connectivity index (χ0v) is 10.7. The Bertz CT molecular complexity index is 377. The summed E-state index contributed by atoms with van der Waals surface area (Å²) in [6.07, 6.45) is 3.10. The minimum atomic E-state index is -4.07. The number of carbonyl (C=O) groups excluding carboxylic acids is 1. The van der Waals surface area contributed by atoms with Crippen LogP contribution < -0.4 is 0 Å². The second kappa shape index (κ2) is 5.44. The Hall–Kier alpha value is -1.18. The molecule has 0 aromatic heterocycles. The van der Waals surface area contributed by atoms with Gasteiger partial charge in [-0.15, -0.1) is 12.3 Å². The fourth-order valence-corrected chi connectivity index (χ4v) is 3.04. The molecule has 1 aliphatic carbocycles. The van der Waals surface area contributed by atoms with Crippen LogP contribution in [0.3, 0.4) is 0 Å². The summed E-state index contributed by atoms with van der Waals surface area (Å²) in [4.78, 5) is 13.4. The van der Waals surface area contributed by atoms with Gasteiger partial charge >= 0.3 is 6.18 Å². The van der Waals surface area contributed by atoms with Crippen LogP contribution in [-0.2, 0) is 4.79 Å². The van der Waals surface area contributed by atoms with Crippen LogP contribution >= 0.6 is 0 Å². The Morgan fingerprint density at radius 3 is 2.37 bits per heavy atom. The van der Waals surface area contributed by atoms with E-state index < -0.39 is 12.1 Å². The Kier molecular flexibility index (Phi) is 4.07. The second-order valence-corrected chi connectivity index (χ2v) is 5.63. The van der Waals surface area contributed by atoms with E-state index in [0.29, 0.717) is 32.4 Å². The number of nitrogens with zero attached hydrogens (tertiary/aromatic N) is 1. The zero-order valence-electron chi connectivity index (χ0n) is 10.7. The molecule has 0 aromatic carbocycles. The van der Waals surface area contributed by atoms with E-state index >= 15 is 0 Å². The molecular weight excluding hydrogens is 255 g/mol. The number of hydrogen-bond donors (Lipinski definition) is 0. The molecule has 2 fully saturated rings. The van der Waals surface area contributed by atoms with Crippen LogP contribution in [0, 0.1) is 30.1 Å². The highest BCUT2D eigenvalue weighted by atomic mass is 19.4. The average Bonchev–Trinajstić information content (AvgIpc) is 2.70. The first kappa shape index (κ1) is 14.2. The van der Waals surface area contributed by atoms with Crippen LogP contribution in [-0.4, -0.2) is 30.1 Å². The number of terminal acetylenes is 1. The minimum absolute atomic E-state index is 0.0287. The van der Waals surface area contributed by atoms with Gasteiger partial charge in [-0.2, -0.15) is 13.2 Å². The van der Waals surface area contributed by atoms with Gasteiger partial charge in [-0.1, -0.05) is 0 Å². The van der Waals surface area contributed by atoms with E-state index in [1.54, 1.807) is 4.90 Å². The van der Waals surface area contributed by atoms with Crippen molar-refractivity contribution in [3.8, 4) is 12.3 Å². The first-order chi connectivity index (χ1) is 8.90. The normalized spacial score (nSPS) is 32.4. The molecule has 1 aliphatic heterocycles. The molecule has 1 atom stereocenters. The number of amides is 1. The van der Waals surface area contributed by atoms with Crippen molar-refractivity contribution in [2.24, 2.45) is 17.8 Å². The highest BCUT2D eigenvalue weighted by molar-refractivity contribution is 5.79. The second-order valence-electron chi connectivity index (χ2n) is 5.63. The van der Waals surface area contributed by atoms with E-state index in [0.717, 1.165) is 0 Å². The van der Waals surface area contributed by atoms with Crippen molar-refractivity contribution in [3.63, 3.8) is 0 Å². The summed E-state index contributed by atoms with van der Waals surface area (Å²) in [5.41, 5.74) is 0. The molecule has 0 N–H and O–H groups in total. The standard InChI is InChI=1S/C14H18F3NO/c1-2-10-7-13(19)18(8-10)9-11-3-5-12(6-4-11)14(15,16)17/h1,10-12H,3-9H2. The lowest BCUT2D eigenvalue weighted by Gasteiger charge is -2.32. The summed E-state index contributed by atoms with van der Waals surface area (Å²) in [6, 6.07) is 0. The molecule has 0 aromatic rings. The molecule has 1 amide bonds. The van der Waals surface area contributed by atoms with Gasteiger partial charge in [0.15, 0.2) is 0 Å². The highest BCUT2D eigenvalue weighted by Gasteiger charge is 2.42. The summed E-state index contributed by atoms with van der Waals surface area (Å²) >= 11 is 0. The maximum Gasteiger partial charge on any atom is 0.391 e. The van der Waals surface area contributed by atoms with E-state index in [4.69, 9.17) is 6.42 Å². The molecule has 2 nitrogen and oxygen atoms in total. The molecule has 0 radical (unpaired) electrons. The van der Waals surface area contributed by atoms with E-state index in [2.05, 4.69) is 5.92 Å². The van der Waals surface area contributed by atoms with E-state index in [9.17, 15) is 18.0 Å². The first-order valence-electron chi connectivity index (χ1n) is 6.70. The summed E-state index contributed by atoms with van der Waals surface area (Å²) in [7, 11) is 0. The lowest BCUT2D eigenvalue weighted by Crippen LogP contribution is -2.35. The molecule has 1 saturated heterocycles. The van der Waals surface area contributed by atoms with Gasteiger partial charge in [0, 0.05) is 25.4 Å². The van der Waals surface area contributed by atoms with Gasteiger partial charge < -0.3 is 4.90 Å². The molecular formula is C14H18F3NO. The minimum Gasteiger partial charge on any atom is -0.341 e. The van der Waals surface area contributed by atoms with Crippen molar-refractivity contribution < 1.29 is 18.0 Å². The van der Waals surface area contributed by atoms with Gasteiger partial charge in [-0.25, -0.2) is 0 Å². The Balaban J connectivity index is 1.80. The number of carbonyl (C=O) groups is 1. The summed E-state index contributed by atoms with van der Waals surface area (Å²) in [5, 5.41) is 0. The van der Waals surface area contributed by atoms with Crippen LogP contribution in [0.15, 0.2) is 0 Å². The molecule has 106 valence electrons. The van der Waals surface area contributed by atoms with Crippen molar-refractivity contribution in [2.45, 2.75) is 38.3 Å². The molecule has 1 unspecified atom stereocenters. The number of alkyl halides is 3. The fourth-order valence-electron chi connectivity index (χ4n) is 3.04. The van der Waals surface area contributed by atoms with E-state index in [1.807, 2.05) is 0 Å². The third-order valence-corrected chi connectivity index (χ3v) is 4.24. The Labute approximate surface area is 111 Å². The predicted molar refractivity (Wildman–Crippen MR) is 65.0 cm³/mol. The SMILES string of the molecule is C#CC1CC(=O)N(CC2CCC(C(F)(F)F)CC2)C1. The van der Waals surface area contributed by atoms with Crippen LogP contribution in [0.25, 0.3) is 0 Å². The van der Waals surface area contributed by atoms with Crippen molar-refractivity contribution in [1.29, 1.82) is 0 Å². The number of likely N-dealkylation sites (tertiary alicyclic amines) is 1. The van der Waals surface area contributed by atoms with Crippen molar-refractivity contribution in [3.05, 3.63) is 0 Å². The van der Waals surface area contributed by atoms with Gasteiger partial charge in [-0.05, 0) is 31.6 Å². The summed E-state index contributed by atoms with van der Waals surface area (Å²) < 4.78 is 37.6. The molecule has 19 heavy (non-hydrogen) atoms. The molecule has 1 heterocycles. The smallest absolute Gasteiger partial charge is 0.341 e. The molecule has 2 rings (SSSR count). The van der Waals surface area contributed by atoms with Gasteiger partial charge in [0.25, 0.3) is 0 Å². The van der Waals surface area contributed by atoms with Gasteiger partial charge in [-0.3, -0.25) is 4.79 Å². The molecule has 1 saturated carbocycles. The van der Waals surface area contributed by atoms with Gasteiger partial charge in [0.1, 0.15) is 0 Å². The number of rotatable bonds is 2. The van der Waals surface area contributed by atoms with Crippen molar-refractivity contribution in [2.75, 3.05) is 13.1 Å². The zero-order chi connectivity index (χ0) is 14.0. The van der Waals surface area contributed by atoms with Crippen LogP contribution in [0.2, 0.25) is 0 Å². The molecule has 0 bridgehead atoms. The summed E-state index contributed by atoms with van der Waals surface area (Å²) in [5.74, 6) is 1.63. The monoisotopic (exact) mass is 273 g/mol. The number of halogens is 3. The molecule has 2 aliphatic rings. The maximum atomic E-state index is 12.5.